The van der Waals surface area contributed by atoms with Crippen LogP contribution in [0.25, 0.3) is 28.2 Å². The van der Waals surface area contributed by atoms with Crippen LogP contribution in [0, 0.1) is 5.82 Å². The van der Waals surface area contributed by atoms with Gasteiger partial charge < -0.3 is 10.1 Å². The molecule has 1 amide bonds. The van der Waals surface area contributed by atoms with Crippen LogP contribution in [0.2, 0.25) is 5.02 Å². The van der Waals surface area contributed by atoms with Gasteiger partial charge in [0.25, 0.3) is 5.91 Å². The van der Waals surface area contributed by atoms with Crippen LogP contribution >= 0.6 is 11.6 Å². The van der Waals surface area contributed by atoms with Gasteiger partial charge in [0, 0.05) is 28.8 Å². The first-order valence-corrected chi connectivity index (χ1v) is 11.2. The third-order valence-electron chi connectivity index (χ3n) is 5.55. The molecule has 0 spiro atoms. The summed E-state index contributed by atoms with van der Waals surface area (Å²) in [5.41, 5.74) is 4.40. The lowest BCUT2D eigenvalue weighted by Gasteiger charge is -2.11. The van der Waals surface area contributed by atoms with Crippen LogP contribution < -0.4 is 10.1 Å². The highest BCUT2D eigenvalue weighted by Crippen LogP contribution is 2.30. The fraction of sp³-hybridized carbons (Fsp3) is 0.0741. The SMILES string of the molecule is COc1ccccc1-c1cc(C(=O)NCc2ccc(F)cc2)n2nc(-c3ccc(Cl)cc3)cc2n1. The minimum absolute atomic E-state index is 0.234. The van der Waals surface area contributed by atoms with Crippen LogP contribution in [0.3, 0.4) is 0 Å². The average Bonchev–Trinajstić information content (AvgIpc) is 3.32. The van der Waals surface area contributed by atoms with Crippen molar-refractivity contribution in [1.82, 2.24) is 19.9 Å². The maximum atomic E-state index is 13.3. The van der Waals surface area contributed by atoms with Crippen LogP contribution in [-0.4, -0.2) is 27.6 Å². The maximum absolute atomic E-state index is 13.3. The molecule has 0 bridgehead atoms. The number of para-hydroxylation sites is 1. The second-order valence-corrected chi connectivity index (χ2v) is 8.28. The van der Waals surface area contributed by atoms with Crippen molar-refractivity contribution < 1.29 is 13.9 Å². The van der Waals surface area contributed by atoms with Crippen LogP contribution in [0.15, 0.2) is 84.9 Å². The van der Waals surface area contributed by atoms with E-state index in [1.807, 2.05) is 42.5 Å². The lowest BCUT2D eigenvalue weighted by molar-refractivity contribution is 0.0943. The van der Waals surface area contributed by atoms with E-state index >= 15 is 0 Å². The molecule has 0 saturated heterocycles. The highest BCUT2D eigenvalue weighted by Gasteiger charge is 2.18. The van der Waals surface area contributed by atoms with Crippen LogP contribution in [0.1, 0.15) is 16.1 Å². The molecule has 0 aliphatic carbocycles. The number of benzene rings is 3. The lowest BCUT2D eigenvalue weighted by atomic mass is 10.1. The van der Waals surface area contributed by atoms with Gasteiger partial charge in [-0.3, -0.25) is 4.79 Å². The summed E-state index contributed by atoms with van der Waals surface area (Å²) < 4.78 is 20.3. The van der Waals surface area contributed by atoms with E-state index in [9.17, 15) is 9.18 Å². The molecule has 174 valence electrons. The molecule has 3 aromatic carbocycles. The summed E-state index contributed by atoms with van der Waals surface area (Å²) in [5, 5.41) is 8.16. The number of carbonyl (C=O) groups is 1. The number of methoxy groups -OCH3 is 1. The van der Waals surface area contributed by atoms with E-state index in [0.717, 1.165) is 16.7 Å². The molecule has 0 saturated carbocycles. The van der Waals surface area contributed by atoms with Crippen LogP contribution in [0.5, 0.6) is 5.75 Å². The van der Waals surface area contributed by atoms with Crippen molar-refractivity contribution in [2.45, 2.75) is 6.54 Å². The summed E-state index contributed by atoms with van der Waals surface area (Å²) in [7, 11) is 1.59. The number of hydrogen-bond donors (Lipinski definition) is 1. The Morgan fingerprint density at radius 2 is 1.74 bits per heavy atom. The molecule has 0 unspecified atom stereocenters. The number of nitrogens with zero attached hydrogens (tertiary/aromatic N) is 3. The van der Waals surface area contributed by atoms with Crippen molar-refractivity contribution in [2.24, 2.45) is 0 Å². The fourth-order valence-electron chi connectivity index (χ4n) is 3.77. The Bertz CT molecular complexity index is 1520. The van der Waals surface area contributed by atoms with E-state index in [0.29, 0.717) is 33.5 Å². The van der Waals surface area contributed by atoms with Crippen LogP contribution in [0.4, 0.5) is 4.39 Å². The van der Waals surface area contributed by atoms with Gasteiger partial charge in [0.05, 0.1) is 18.5 Å². The normalized spacial score (nSPS) is 10.9. The van der Waals surface area contributed by atoms with Crippen molar-refractivity contribution in [3.05, 3.63) is 107 Å². The van der Waals surface area contributed by atoms with Gasteiger partial charge in [-0.2, -0.15) is 5.10 Å². The summed E-state index contributed by atoms with van der Waals surface area (Å²) in [4.78, 5) is 18.1. The highest BCUT2D eigenvalue weighted by atomic mass is 35.5. The highest BCUT2D eigenvalue weighted by molar-refractivity contribution is 6.30. The van der Waals surface area contributed by atoms with Gasteiger partial charge in [0.1, 0.15) is 17.3 Å². The van der Waals surface area contributed by atoms with Gasteiger partial charge >= 0.3 is 0 Å². The number of aromatic nitrogens is 3. The molecule has 0 atom stereocenters. The maximum Gasteiger partial charge on any atom is 0.270 e. The molecule has 5 rings (SSSR count). The zero-order valence-corrected chi connectivity index (χ0v) is 19.5. The molecule has 0 aliphatic rings. The monoisotopic (exact) mass is 486 g/mol. The molecular formula is C27H20ClFN4O2. The van der Waals surface area contributed by atoms with Gasteiger partial charge in [-0.1, -0.05) is 48.0 Å². The molecule has 1 N–H and O–H groups in total. The smallest absolute Gasteiger partial charge is 0.270 e. The van der Waals surface area contributed by atoms with E-state index in [1.54, 1.807) is 37.4 Å². The quantitative estimate of drug-likeness (QED) is 0.329. The third-order valence-corrected chi connectivity index (χ3v) is 5.80. The second kappa shape index (κ2) is 9.56. The van der Waals surface area contributed by atoms with Gasteiger partial charge in [-0.05, 0) is 48.0 Å². The Kier molecular flexibility index (Phi) is 6.16. The largest absolute Gasteiger partial charge is 0.496 e. The number of nitrogens with one attached hydrogen (secondary N) is 1. The summed E-state index contributed by atoms with van der Waals surface area (Å²) in [6.07, 6.45) is 0. The van der Waals surface area contributed by atoms with E-state index in [2.05, 4.69) is 10.4 Å². The predicted octanol–water partition coefficient (Wildman–Crippen LogP) is 5.79. The van der Waals surface area contributed by atoms with E-state index < -0.39 is 0 Å². The predicted molar refractivity (Wildman–Crippen MR) is 133 cm³/mol. The van der Waals surface area contributed by atoms with Crippen molar-refractivity contribution in [3.63, 3.8) is 0 Å². The summed E-state index contributed by atoms with van der Waals surface area (Å²) in [5.74, 6) is -0.0354. The van der Waals surface area contributed by atoms with Gasteiger partial charge in [0.15, 0.2) is 5.65 Å². The third kappa shape index (κ3) is 4.72. The van der Waals surface area contributed by atoms with Crippen molar-refractivity contribution in [1.29, 1.82) is 0 Å². The molecule has 35 heavy (non-hydrogen) atoms. The molecule has 6 nitrogen and oxygen atoms in total. The molecule has 2 heterocycles. The number of hydrogen-bond acceptors (Lipinski definition) is 4. The molecule has 0 fully saturated rings. The molecule has 0 radical (unpaired) electrons. The van der Waals surface area contributed by atoms with Crippen molar-refractivity contribution >= 4 is 23.2 Å². The lowest BCUT2D eigenvalue weighted by Crippen LogP contribution is -2.25. The van der Waals surface area contributed by atoms with Gasteiger partial charge in [0.2, 0.25) is 0 Å². The fourth-order valence-corrected chi connectivity index (χ4v) is 3.89. The van der Waals surface area contributed by atoms with Crippen LogP contribution in [-0.2, 0) is 6.54 Å². The second-order valence-electron chi connectivity index (χ2n) is 7.84. The number of amides is 1. The topological polar surface area (TPSA) is 68.5 Å². The summed E-state index contributed by atoms with van der Waals surface area (Å²) in [6.45, 7) is 0.234. The van der Waals surface area contributed by atoms with Crippen molar-refractivity contribution in [3.8, 4) is 28.3 Å². The average molecular weight is 487 g/mol. The van der Waals surface area contributed by atoms with E-state index in [1.165, 1.54) is 16.6 Å². The summed E-state index contributed by atoms with van der Waals surface area (Å²) in [6, 6.07) is 24.2. The van der Waals surface area contributed by atoms with Crippen molar-refractivity contribution in [2.75, 3.05) is 7.11 Å². The van der Waals surface area contributed by atoms with E-state index in [-0.39, 0.29) is 18.3 Å². The molecule has 2 aromatic heterocycles. The molecule has 0 aliphatic heterocycles. The molecule has 8 heteroatoms. The zero-order chi connectivity index (χ0) is 24.4. The Hall–Kier alpha value is -4.23. The minimum Gasteiger partial charge on any atom is -0.496 e. The standard InChI is InChI=1S/C27H20ClFN4O2/c1-35-25-5-3-2-4-21(25)23-14-24(27(34)30-16-17-6-12-20(29)13-7-17)33-26(31-23)15-22(32-33)18-8-10-19(28)11-9-18/h2-15H,16H2,1H3,(H,30,34). The number of halogens is 2. The summed E-state index contributed by atoms with van der Waals surface area (Å²) >= 11 is 6.03. The Labute approximate surface area is 206 Å². The number of carbonyl (C=O) groups excluding carboxylic acids is 1. The number of ether oxygens (including phenoxy) is 1. The number of fused-ring (bicyclic) bond motifs is 1. The number of rotatable bonds is 6. The first-order valence-electron chi connectivity index (χ1n) is 10.8. The zero-order valence-electron chi connectivity index (χ0n) is 18.7. The Balaban J connectivity index is 1.59. The minimum atomic E-state index is -0.344. The van der Waals surface area contributed by atoms with Gasteiger partial charge in [-0.15, -0.1) is 0 Å². The first kappa shape index (κ1) is 22.6. The molecule has 5 aromatic rings. The van der Waals surface area contributed by atoms with E-state index in [4.69, 9.17) is 21.3 Å². The van der Waals surface area contributed by atoms with Gasteiger partial charge in [-0.25, -0.2) is 13.9 Å². The Morgan fingerprint density at radius 1 is 1.00 bits per heavy atom. The Morgan fingerprint density at radius 3 is 2.49 bits per heavy atom. The molecular weight excluding hydrogens is 467 g/mol. The first-order chi connectivity index (χ1) is 17.0.